The topological polar surface area (TPSA) is 17.1 Å². The summed E-state index contributed by atoms with van der Waals surface area (Å²) in [4.78, 5) is 13.4. The molecule has 0 spiro atoms. The van der Waals surface area contributed by atoms with Crippen LogP contribution in [0.1, 0.15) is 12.8 Å². The van der Waals surface area contributed by atoms with Crippen LogP contribution in [0.5, 0.6) is 0 Å². The summed E-state index contributed by atoms with van der Waals surface area (Å²) in [7, 11) is 0. The minimum Gasteiger partial charge on any atom is -0.295 e. The van der Waals surface area contributed by atoms with E-state index in [9.17, 15) is 4.79 Å². The maximum absolute atomic E-state index is 11.0. The lowest BCUT2D eigenvalue weighted by Gasteiger charge is -1.99. The van der Waals surface area contributed by atoms with E-state index < -0.39 is 0 Å². The largest absolute Gasteiger partial charge is 0.295 e. The van der Waals surface area contributed by atoms with Crippen molar-refractivity contribution in [3.05, 3.63) is 41.3 Å². The van der Waals surface area contributed by atoms with Crippen molar-refractivity contribution in [2.24, 2.45) is 0 Å². The van der Waals surface area contributed by atoms with E-state index in [1.807, 2.05) is 18.2 Å². The van der Waals surface area contributed by atoms with Crippen molar-refractivity contribution < 1.29 is 4.79 Å². The fourth-order valence-corrected chi connectivity index (χ4v) is 2.28. The maximum Gasteiger partial charge on any atom is 0.156 e. The van der Waals surface area contributed by atoms with E-state index in [0.29, 0.717) is 6.42 Å². The van der Waals surface area contributed by atoms with E-state index in [1.165, 1.54) is 9.80 Å². The Kier molecular flexibility index (Phi) is 2.50. The molecule has 66 valence electrons. The second-order valence-electron chi connectivity index (χ2n) is 2.99. The first-order chi connectivity index (χ1) is 6.34. The molecule has 13 heavy (non-hydrogen) atoms. The molecule has 1 aromatic rings. The van der Waals surface area contributed by atoms with Gasteiger partial charge in [-0.3, -0.25) is 4.79 Å². The van der Waals surface area contributed by atoms with Crippen LogP contribution in [0, 0.1) is 0 Å². The Morgan fingerprint density at radius 2 is 1.85 bits per heavy atom. The molecule has 2 rings (SSSR count). The number of carbonyl (C=O) groups is 1. The normalized spacial score (nSPS) is 16.0. The molecule has 0 heterocycles. The Morgan fingerprint density at radius 1 is 1.08 bits per heavy atom. The highest BCUT2D eigenvalue weighted by Gasteiger charge is 2.12. The smallest absolute Gasteiger partial charge is 0.156 e. The number of benzene rings is 1. The monoisotopic (exact) mass is 190 g/mol. The van der Waals surface area contributed by atoms with Crippen LogP contribution < -0.4 is 0 Å². The Bertz CT molecular complexity index is 340. The average Bonchev–Trinajstić information content (AvgIpc) is 2.53. The highest BCUT2D eigenvalue weighted by atomic mass is 32.2. The third-order valence-corrected chi connectivity index (χ3v) is 3.02. The molecular weight excluding hydrogens is 180 g/mol. The second-order valence-corrected chi connectivity index (χ2v) is 4.19. The minimum atomic E-state index is 0.262. The number of ketones is 1. The Labute approximate surface area is 81.8 Å². The fraction of sp³-hybridized carbons (Fsp3) is 0.182. The van der Waals surface area contributed by atoms with Crippen LogP contribution in [0.2, 0.25) is 0 Å². The fourth-order valence-electron chi connectivity index (χ4n) is 1.29. The molecule has 0 radical (unpaired) electrons. The predicted molar refractivity (Wildman–Crippen MR) is 54.6 cm³/mol. The van der Waals surface area contributed by atoms with Gasteiger partial charge in [0.25, 0.3) is 0 Å². The third kappa shape index (κ3) is 2.22. The van der Waals surface area contributed by atoms with Crippen LogP contribution in [0.3, 0.4) is 0 Å². The minimum absolute atomic E-state index is 0.262. The standard InChI is InChI=1S/C11H10OS/c12-9-6-7-11(8-9)13-10-4-2-1-3-5-10/h1-5,8H,6-7H2. The van der Waals surface area contributed by atoms with Crippen molar-refractivity contribution in [1.82, 2.24) is 0 Å². The second kappa shape index (κ2) is 3.79. The van der Waals surface area contributed by atoms with Crippen molar-refractivity contribution in [2.75, 3.05) is 0 Å². The molecule has 0 bridgehead atoms. The Balaban J connectivity index is 2.07. The van der Waals surface area contributed by atoms with Gasteiger partial charge in [0, 0.05) is 11.3 Å². The number of allylic oxidation sites excluding steroid dienone is 2. The first-order valence-corrected chi connectivity index (χ1v) is 5.12. The van der Waals surface area contributed by atoms with Gasteiger partial charge in [0.05, 0.1) is 0 Å². The molecule has 0 N–H and O–H groups in total. The number of rotatable bonds is 2. The lowest BCUT2D eigenvalue weighted by Crippen LogP contribution is -1.80. The van der Waals surface area contributed by atoms with Gasteiger partial charge in [0.15, 0.2) is 5.78 Å². The highest BCUT2D eigenvalue weighted by Crippen LogP contribution is 2.32. The number of carbonyl (C=O) groups excluding carboxylic acids is 1. The molecule has 0 aliphatic heterocycles. The lowest BCUT2D eigenvalue weighted by atomic mass is 10.3. The molecule has 2 heteroatoms. The van der Waals surface area contributed by atoms with Crippen LogP contribution in [-0.4, -0.2) is 5.78 Å². The van der Waals surface area contributed by atoms with Crippen LogP contribution >= 0.6 is 11.8 Å². The van der Waals surface area contributed by atoms with Crippen LogP contribution in [-0.2, 0) is 4.79 Å². The van der Waals surface area contributed by atoms with Gasteiger partial charge in [-0.05, 0) is 29.5 Å². The summed E-state index contributed by atoms with van der Waals surface area (Å²) in [6.45, 7) is 0. The first kappa shape index (κ1) is 8.57. The Hall–Kier alpha value is -1.02. The van der Waals surface area contributed by atoms with Gasteiger partial charge >= 0.3 is 0 Å². The van der Waals surface area contributed by atoms with E-state index in [2.05, 4.69) is 12.1 Å². The summed E-state index contributed by atoms with van der Waals surface area (Å²) in [5.74, 6) is 0.262. The molecule has 0 fully saturated rings. The molecule has 1 nitrogen and oxygen atoms in total. The van der Waals surface area contributed by atoms with Gasteiger partial charge in [-0.15, -0.1) is 0 Å². The molecule has 1 aromatic carbocycles. The summed E-state index contributed by atoms with van der Waals surface area (Å²) < 4.78 is 0. The van der Waals surface area contributed by atoms with Crippen LogP contribution in [0.15, 0.2) is 46.2 Å². The van der Waals surface area contributed by atoms with E-state index in [-0.39, 0.29) is 5.78 Å². The SMILES string of the molecule is O=C1C=C(Sc2ccccc2)CC1. The van der Waals surface area contributed by atoms with Gasteiger partial charge in [-0.25, -0.2) is 0 Å². The molecule has 1 aliphatic rings. The molecule has 0 amide bonds. The van der Waals surface area contributed by atoms with E-state index in [4.69, 9.17) is 0 Å². The van der Waals surface area contributed by atoms with Crippen molar-refractivity contribution in [3.63, 3.8) is 0 Å². The highest BCUT2D eigenvalue weighted by molar-refractivity contribution is 8.03. The molecule has 0 unspecified atom stereocenters. The van der Waals surface area contributed by atoms with Gasteiger partial charge in [-0.1, -0.05) is 30.0 Å². The zero-order valence-corrected chi connectivity index (χ0v) is 8.01. The summed E-state index contributed by atoms with van der Waals surface area (Å²) >= 11 is 1.70. The molecular formula is C11H10OS. The summed E-state index contributed by atoms with van der Waals surface area (Å²) in [5, 5.41) is 0. The molecule has 0 saturated heterocycles. The maximum atomic E-state index is 11.0. The van der Waals surface area contributed by atoms with Crippen molar-refractivity contribution >= 4 is 17.5 Å². The Morgan fingerprint density at radius 3 is 2.46 bits per heavy atom. The molecule has 1 aliphatic carbocycles. The lowest BCUT2D eigenvalue weighted by molar-refractivity contribution is -0.114. The van der Waals surface area contributed by atoms with Gasteiger partial charge < -0.3 is 0 Å². The molecule has 0 saturated carbocycles. The van der Waals surface area contributed by atoms with Gasteiger partial charge in [-0.2, -0.15) is 0 Å². The van der Waals surface area contributed by atoms with Crippen molar-refractivity contribution in [1.29, 1.82) is 0 Å². The molecule has 0 atom stereocenters. The number of thioether (sulfide) groups is 1. The van der Waals surface area contributed by atoms with E-state index in [1.54, 1.807) is 17.8 Å². The third-order valence-electron chi connectivity index (χ3n) is 1.93. The zero-order chi connectivity index (χ0) is 9.10. The first-order valence-electron chi connectivity index (χ1n) is 4.31. The summed E-state index contributed by atoms with van der Waals surface area (Å²) in [6, 6.07) is 10.2. The number of hydrogen-bond donors (Lipinski definition) is 0. The molecule has 0 aromatic heterocycles. The predicted octanol–water partition coefficient (Wildman–Crippen LogP) is 3.03. The number of hydrogen-bond acceptors (Lipinski definition) is 2. The van der Waals surface area contributed by atoms with Crippen molar-refractivity contribution in [2.45, 2.75) is 17.7 Å². The van der Waals surface area contributed by atoms with E-state index in [0.717, 1.165) is 6.42 Å². The summed E-state index contributed by atoms with van der Waals surface area (Å²) in [5.41, 5.74) is 0. The van der Waals surface area contributed by atoms with Crippen LogP contribution in [0.25, 0.3) is 0 Å². The summed E-state index contributed by atoms with van der Waals surface area (Å²) in [6.07, 6.45) is 3.37. The quantitative estimate of drug-likeness (QED) is 0.713. The zero-order valence-electron chi connectivity index (χ0n) is 7.19. The van der Waals surface area contributed by atoms with Gasteiger partial charge in [0.2, 0.25) is 0 Å². The van der Waals surface area contributed by atoms with E-state index >= 15 is 0 Å². The average molecular weight is 190 g/mol. The van der Waals surface area contributed by atoms with Crippen LogP contribution in [0.4, 0.5) is 0 Å². The van der Waals surface area contributed by atoms with Crippen molar-refractivity contribution in [3.8, 4) is 0 Å². The van der Waals surface area contributed by atoms with Gasteiger partial charge in [0.1, 0.15) is 0 Å².